The van der Waals surface area contributed by atoms with Crippen LogP contribution in [0.4, 0.5) is 11.4 Å². The number of likely N-dealkylation sites (N-methyl/N-ethyl adjacent to an activating group) is 1. The van der Waals surface area contributed by atoms with Crippen molar-refractivity contribution in [2.75, 3.05) is 38.7 Å². The highest BCUT2D eigenvalue weighted by Crippen LogP contribution is 2.35. The summed E-state index contributed by atoms with van der Waals surface area (Å²) >= 11 is 0. The van der Waals surface area contributed by atoms with E-state index in [0.717, 1.165) is 26.2 Å². The average molecular weight is 294 g/mol. The molecule has 0 atom stereocenters. The molecule has 1 aliphatic rings. The number of para-hydroxylation sites is 1. The van der Waals surface area contributed by atoms with Crippen molar-refractivity contribution in [1.82, 2.24) is 9.91 Å². The van der Waals surface area contributed by atoms with Gasteiger partial charge in [-0.25, -0.2) is 5.01 Å². The van der Waals surface area contributed by atoms with Gasteiger partial charge in [0, 0.05) is 26.2 Å². The fraction of sp³-hybridized carbons (Fsp3) is 0.571. The number of nitrogens with zero attached hydrogens (tertiary/aromatic N) is 3. The Hall–Kier alpha value is -1.86. The van der Waals surface area contributed by atoms with Gasteiger partial charge < -0.3 is 15.1 Å². The SMILES string of the molecule is CC(C)Oc1cccc(NN2CCN(C)CC2)c1[N+](=O)[O-]. The van der Waals surface area contributed by atoms with Gasteiger partial charge in [-0.05, 0) is 33.0 Å². The molecule has 116 valence electrons. The summed E-state index contributed by atoms with van der Waals surface area (Å²) in [6, 6.07) is 5.11. The number of nitro groups is 1. The van der Waals surface area contributed by atoms with Crippen molar-refractivity contribution in [2.24, 2.45) is 0 Å². The highest BCUT2D eigenvalue weighted by Gasteiger charge is 2.24. The van der Waals surface area contributed by atoms with Crippen molar-refractivity contribution < 1.29 is 9.66 Å². The van der Waals surface area contributed by atoms with Gasteiger partial charge in [0.25, 0.3) is 0 Å². The van der Waals surface area contributed by atoms with E-state index in [1.165, 1.54) is 0 Å². The third-order valence-electron chi connectivity index (χ3n) is 3.33. The molecule has 0 unspecified atom stereocenters. The number of benzene rings is 1. The molecular formula is C14H22N4O3. The van der Waals surface area contributed by atoms with Crippen molar-refractivity contribution in [3.8, 4) is 5.75 Å². The Morgan fingerprint density at radius 2 is 1.95 bits per heavy atom. The van der Waals surface area contributed by atoms with Crippen LogP contribution in [0.25, 0.3) is 0 Å². The number of rotatable bonds is 5. The molecule has 1 N–H and O–H groups in total. The van der Waals surface area contributed by atoms with Gasteiger partial charge in [-0.15, -0.1) is 0 Å². The molecule has 1 fully saturated rings. The quantitative estimate of drug-likeness (QED) is 0.661. The van der Waals surface area contributed by atoms with Gasteiger partial charge in [0.2, 0.25) is 0 Å². The summed E-state index contributed by atoms with van der Waals surface area (Å²) in [6.45, 7) is 7.21. The molecule has 7 heteroatoms. The van der Waals surface area contributed by atoms with E-state index in [1.54, 1.807) is 18.2 Å². The first kappa shape index (κ1) is 15.5. The summed E-state index contributed by atoms with van der Waals surface area (Å²) in [4.78, 5) is 13.2. The molecule has 1 aromatic rings. The van der Waals surface area contributed by atoms with E-state index < -0.39 is 4.92 Å². The predicted molar refractivity (Wildman–Crippen MR) is 81.6 cm³/mol. The standard InChI is InChI=1S/C14H22N4O3/c1-11(2)21-13-6-4-5-12(14(13)18(19)20)15-17-9-7-16(3)8-10-17/h4-6,11,15H,7-10H2,1-3H3. The van der Waals surface area contributed by atoms with E-state index in [-0.39, 0.29) is 11.8 Å². The van der Waals surface area contributed by atoms with E-state index in [1.807, 2.05) is 18.9 Å². The Balaban J connectivity index is 2.20. The third kappa shape index (κ3) is 4.05. The minimum absolute atomic E-state index is 0.00914. The number of hydrazine groups is 1. The van der Waals surface area contributed by atoms with Gasteiger partial charge in [-0.3, -0.25) is 10.1 Å². The summed E-state index contributed by atoms with van der Waals surface area (Å²) in [5.41, 5.74) is 3.62. The van der Waals surface area contributed by atoms with Gasteiger partial charge in [-0.1, -0.05) is 6.07 Å². The molecule has 0 bridgehead atoms. The Kier molecular flexibility index (Phi) is 4.98. The first-order chi connectivity index (χ1) is 9.97. The minimum atomic E-state index is -0.393. The lowest BCUT2D eigenvalue weighted by Crippen LogP contribution is -2.47. The molecular weight excluding hydrogens is 272 g/mol. The first-order valence-corrected chi connectivity index (χ1v) is 7.11. The molecule has 0 aliphatic carbocycles. The minimum Gasteiger partial charge on any atom is -0.484 e. The number of ether oxygens (including phenoxy) is 1. The average Bonchev–Trinajstić information content (AvgIpc) is 2.40. The molecule has 0 spiro atoms. The van der Waals surface area contributed by atoms with E-state index >= 15 is 0 Å². The first-order valence-electron chi connectivity index (χ1n) is 7.11. The second-order valence-corrected chi connectivity index (χ2v) is 5.48. The van der Waals surface area contributed by atoms with Crippen molar-refractivity contribution in [2.45, 2.75) is 20.0 Å². The number of anilines is 1. The van der Waals surface area contributed by atoms with Gasteiger partial charge in [0.1, 0.15) is 5.69 Å². The maximum atomic E-state index is 11.4. The number of nitrogens with one attached hydrogen (secondary N) is 1. The van der Waals surface area contributed by atoms with E-state index in [0.29, 0.717) is 11.4 Å². The van der Waals surface area contributed by atoms with Crippen LogP contribution in [-0.4, -0.2) is 54.2 Å². The third-order valence-corrected chi connectivity index (χ3v) is 3.33. The molecule has 0 aromatic heterocycles. The number of piperazine rings is 1. The second kappa shape index (κ2) is 6.73. The Morgan fingerprint density at radius 1 is 1.29 bits per heavy atom. The van der Waals surface area contributed by atoms with Crippen LogP contribution < -0.4 is 10.2 Å². The Morgan fingerprint density at radius 3 is 2.52 bits per heavy atom. The summed E-state index contributed by atoms with van der Waals surface area (Å²) in [6.07, 6.45) is -0.109. The zero-order valence-electron chi connectivity index (χ0n) is 12.7. The maximum absolute atomic E-state index is 11.4. The van der Waals surface area contributed by atoms with Crippen LogP contribution in [0, 0.1) is 10.1 Å². The molecule has 2 rings (SSSR count). The van der Waals surface area contributed by atoms with Crippen LogP contribution in [-0.2, 0) is 0 Å². The van der Waals surface area contributed by atoms with Crippen LogP contribution >= 0.6 is 0 Å². The highest BCUT2D eigenvalue weighted by atomic mass is 16.6. The largest absolute Gasteiger partial charge is 0.484 e. The van der Waals surface area contributed by atoms with Crippen molar-refractivity contribution >= 4 is 11.4 Å². The molecule has 0 radical (unpaired) electrons. The molecule has 7 nitrogen and oxygen atoms in total. The number of nitro benzene ring substituents is 1. The second-order valence-electron chi connectivity index (χ2n) is 5.48. The van der Waals surface area contributed by atoms with Crippen LogP contribution in [0.5, 0.6) is 5.75 Å². The smallest absolute Gasteiger partial charge is 0.335 e. The Labute approximate surface area is 124 Å². The van der Waals surface area contributed by atoms with Crippen LogP contribution in [0.2, 0.25) is 0 Å². The van der Waals surface area contributed by atoms with E-state index in [2.05, 4.69) is 17.4 Å². The number of hydrogen-bond acceptors (Lipinski definition) is 6. The fourth-order valence-corrected chi connectivity index (χ4v) is 2.24. The van der Waals surface area contributed by atoms with Gasteiger partial charge in [0.05, 0.1) is 11.0 Å². The normalized spacial score (nSPS) is 17.0. The fourth-order valence-electron chi connectivity index (χ4n) is 2.24. The zero-order valence-corrected chi connectivity index (χ0v) is 12.7. The lowest BCUT2D eigenvalue weighted by molar-refractivity contribution is -0.385. The van der Waals surface area contributed by atoms with Crippen molar-refractivity contribution in [3.05, 3.63) is 28.3 Å². The van der Waals surface area contributed by atoms with Crippen LogP contribution in [0.1, 0.15) is 13.8 Å². The lowest BCUT2D eigenvalue weighted by Gasteiger charge is -2.33. The molecule has 1 heterocycles. The van der Waals surface area contributed by atoms with Crippen molar-refractivity contribution in [3.63, 3.8) is 0 Å². The Bertz CT molecular complexity index is 499. The lowest BCUT2D eigenvalue weighted by atomic mass is 10.2. The van der Waals surface area contributed by atoms with Crippen LogP contribution in [0.3, 0.4) is 0 Å². The highest BCUT2D eigenvalue weighted by molar-refractivity contribution is 5.68. The molecule has 1 aromatic carbocycles. The van der Waals surface area contributed by atoms with Crippen molar-refractivity contribution in [1.29, 1.82) is 0 Å². The van der Waals surface area contributed by atoms with E-state index in [4.69, 9.17) is 4.74 Å². The molecule has 1 saturated heterocycles. The molecule has 21 heavy (non-hydrogen) atoms. The molecule has 1 aliphatic heterocycles. The summed E-state index contributed by atoms with van der Waals surface area (Å²) in [7, 11) is 2.07. The molecule has 0 saturated carbocycles. The van der Waals surface area contributed by atoms with Crippen LogP contribution in [0.15, 0.2) is 18.2 Å². The number of hydrogen-bond donors (Lipinski definition) is 1. The van der Waals surface area contributed by atoms with Gasteiger partial charge >= 0.3 is 5.69 Å². The zero-order chi connectivity index (χ0) is 15.4. The van der Waals surface area contributed by atoms with Gasteiger partial charge in [0.15, 0.2) is 5.75 Å². The summed E-state index contributed by atoms with van der Waals surface area (Å²) < 4.78 is 5.55. The monoisotopic (exact) mass is 294 g/mol. The molecule has 0 amide bonds. The van der Waals surface area contributed by atoms with E-state index in [9.17, 15) is 10.1 Å². The summed E-state index contributed by atoms with van der Waals surface area (Å²) in [5, 5.41) is 13.4. The van der Waals surface area contributed by atoms with Gasteiger partial charge in [-0.2, -0.15) is 0 Å². The predicted octanol–water partition coefficient (Wildman–Crippen LogP) is 1.96. The maximum Gasteiger partial charge on any atom is 0.335 e. The summed E-state index contributed by atoms with van der Waals surface area (Å²) in [5.74, 6) is 0.300. The topological polar surface area (TPSA) is 70.9 Å².